The van der Waals surface area contributed by atoms with Crippen molar-refractivity contribution < 1.29 is 17.9 Å². The van der Waals surface area contributed by atoms with Gasteiger partial charge < -0.3 is 15.0 Å². The predicted octanol–water partition coefficient (Wildman–Crippen LogP) is 4.25. The van der Waals surface area contributed by atoms with E-state index in [0.717, 1.165) is 49.9 Å². The maximum absolute atomic E-state index is 14.4. The van der Waals surface area contributed by atoms with Crippen molar-refractivity contribution in [3.05, 3.63) is 53.1 Å². The fourth-order valence-electron chi connectivity index (χ4n) is 4.32. The Morgan fingerprint density at radius 2 is 2.10 bits per heavy atom. The van der Waals surface area contributed by atoms with E-state index >= 15 is 0 Å². The number of aryl methyl sites for hydroxylation is 1. The molecule has 0 bridgehead atoms. The quantitative estimate of drug-likeness (QED) is 0.654. The molecular weight excluding hydrogens is 407 g/mol. The van der Waals surface area contributed by atoms with Crippen LogP contribution in [0.1, 0.15) is 29.7 Å². The molecule has 1 aromatic carbocycles. The fourth-order valence-corrected chi connectivity index (χ4v) is 4.32. The molecular formula is C22H22F3N5O. The number of hydrogen-bond donors (Lipinski definition) is 1. The second-order valence-corrected chi connectivity index (χ2v) is 8.36. The SMILES string of the molecule is Cc1nnc(NCc2cccc(C(F)F)c2F)c2cc(N3CCC4(COC4)C3)cnc12. The van der Waals surface area contributed by atoms with E-state index < -0.39 is 17.8 Å². The van der Waals surface area contributed by atoms with Crippen LogP contribution in [0.3, 0.4) is 0 Å². The topological polar surface area (TPSA) is 63.2 Å². The average molecular weight is 429 g/mol. The lowest BCUT2D eigenvalue weighted by Gasteiger charge is -2.37. The molecule has 3 aromatic rings. The van der Waals surface area contributed by atoms with Crippen LogP contribution in [0.2, 0.25) is 0 Å². The molecule has 0 atom stereocenters. The number of nitrogens with one attached hydrogen (secondary N) is 1. The molecule has 2 fully saturated rings. The molecule has 6 nitrogen and oxygen atoms in total. The molecule has 1 spiro atoms. The first-order chi connectivity index (χ1) is 15.0. The first-order valence-electron chi connectivity index (χ1n) is 10.2. The lowest BCUT2D eigenvalue weighted by molar-refractivity contribution is -0.0985. The molecule has 0 radical (unpaired) electrons. The second-order valence-electron chi connectivity index (χ2n) is 8.36. The summed E-state index contributed by atoms with van der Waals surface area (Å²) in [5.41, 5.74) is 2.15. The van der Waals surface area contributed by atoms with Gasteiger partial charge in [-0.05, 0) is 19.4 Å². The highest BCUT2D eigenvalue weighted by atomic mass is 19.3. The van der Waals surface area contributed by atoms with Gasteiger partial charge in [0.25, 0.3) is 6.43 Å². The summed E-state index contributed by atoms with van der Waals surface area (Å²) in [6, 6.07) is 6.01. The van der Waals surface area contributed by atoms with Crippen LogP contribution in [0.25, 0.3) is 10.9 Å². The van der Waals surface area contributed by atoms with Gasteiger partial charge in [-0.25, -0.2) is 13.2 Å². The molecule has 4 heterocycles. The van der Waals surface area contributed by atoms with Crippen molar-refractivity contribution in [2.75, 3.05) is 36.5 Å². The number of hydrogen-bond acceptors (Lipinski definition) is 6. The number of ether oxygens (including phenoxy) is 1. The van der Waals surface area contributed by atoms with Crippen molar-refractivity contribution in [3.8, 4) is 0 Å². The van der Waals surface area contributed by atoms with Crippen molar-refractivity contribution in [2.45, 2.75) is 26.3 Å². The van der Waals surface area contributed by atoms with E-state index in [4.69, 9.17) is 4.74 Å². The normalized spacial score (nSPS) is 17.5. The summed E-state index contributed by atoms with van der Waals surface area (Å²) in [5.74, 6) is -0.462. The summed E-state index contributed by atoms with van der Waals surface area (Å²) >= 11 is 0. The number of fused-ring (bicyclic) bond motifs is 1. The van der Waals surface area contributed by atoms with Crippen molar-refractivity contribution >= 4 is 22.4 Å². The van der Waals surface area contributed by atoms with Gasteiger partial charge in [0, 0.05) is 36.0 Å². The van der Waals surface area contributed by atoms with Crippen LogP contribution in [0.15, 0.2) is 30.5 Å². The molecule has 2 aromatic heterocycles. The smallest absolute Gasteiger partial charge is 0.266 e. The van der Waals surface area contributed by atoms with Gasteiger partial charge in [0.05, 0.1) is 41.9 Å². The van der Waals surface area contributed by atoms with Gasteiger partial charge in [0.15, 0.2) is 5.82 Å². The Labute approximate surface area is 177 Å². The summed E-state index contributed by atoms with van der Waals surface area (Å²) < 4.78 is 45.8. The Kier molecular flexibility index (Phi) is 4.92. The number of pyridine rings is 1. The third-order valence-corrected chi connectivity index (χ3v) is 6.18. The molecule has 0 amide bonds. The van der Waals surface area contributed by atoms with Crippen LogP contribution in [-0.2, 0) is 11.3 Å². The van der Waals surface area contributed by atoms with Gasteiger partial charge in [-0.1, -0.05) is 18.2 Å². The van der Waals surface area contributed by atoms with Crippen molar-refractivity contribution in [3.63, 3.8) is 0 Å². The van der Waals surface area contributed by atoms with Gasteiger partial charge in [-0.2, -0.15) is 5.10 Å². The molecule has 1 N–H and O–H groups in total. The first kappa shape index (κ1) is 20.0. The largest absolute Gasteiger partial charge is 0.380 e. The monoisotopic (exact) mass is 429 g/mol. The number of anilines is 2. The molecule has 0 unspecified atom stereocenters. The zero-order chi connectivity index (χ0) is 21.6. The van der Waals surface area contributed by atoms with Gasteiger partial charge in [-0.15, -0.1) is 5.10 Å². The standard InChI is InChI=1S/C22H22F3N5O/c1-13-19-17(7-15(9-26-19)30-6-5-22(10-30)11-31-12-22)21(29-28-13)27-8-14-3-2-4-16(18(14)23)20(24)25/h2-4,7,9,20H,5-6,8,10-12H2,1H3,(H,27,29). The van der Waals surface area contributed by atoms with Crippen LogP contribution in [-0.4, -0.2) is 41.5 Å². The van der Waals surface area contributed by atoms with Crippen molar-refractivity contribution in [1.82, 2.24) is 15.2 Å². The summed E-state index contributed by atoms with van der Waals surface area (Å²) in [7, 11) is 0. The lowest BCUT2D eigenvalue weighted by Crippen LogP contribution is -2.44. The van der Waals surface area contributed by atoms with Crippen LogP contribution < -0.4 is 10.2 Å². The van der Waals surface area contributed by atoms with E-state index in [1.807, 2.05) is 19.2 Å². The number of benzene rings is 1. The number of nitrogens with zero attached hydrogens (tertiary/aromatic N) is 4. The van der Waals surface area contributed by atoms with Crippen molar-refractivity contribution in [1.29, 1.82) is 0 Å². The minimum absolute atomic E-state index is 0.00757. The maximum atomic E-state index is 14.4. The highest BCUT2D eigenvalue weighted by Crippen LogP contribution is 2.40. The average Bonchev–Trinajstić information content (AvgIpc) is 3.20. The Bertz CT molecular complexity index is 1140. The fraction of sp³-hybridized carbons (Fsp3) is 0.409. The number of halogens is 3. The summed E-state index contributed by atoms with van der Waals surface area (Å²) in [6.07, 6.45) is 0.0609. The summed E-state index contributed by atoms with van der Waals surface area (Å²) in [6.45, 7) is 5.28. The zero-order valence-electron chi connectivity index (χ0n) is 17.0. The molecule has 2 aliphatic rings. The van der Waals surface area contributed by atoms with Crippen LogP contribution >= 0.6 is 0 Å². The second kappa shape index (κ2) is 7.64. The van der Waals surface area contributed by atoms with Crippen LogP contribution in [0.5, 0.6) is 0 Å². The molecule has 0 saturated carbocycles. The van der Waals surface area contributed by atoms with Gasteiger partial charge in [0.1, 0.15) is 5.82 Å². The minimum atomic E-state index is -2.86. The highest BCUT2D eigenvalue weighted by Gasteiger charge is 2.44. The van der Waals surface area contributed by atoms with E-state index in [2.05, 4.69) is 25.4 Å². The van der Waals surface area contributed by atoms with Gasteiger partial charge in [-0.3, -0.25) is 4.98 Å². The Balaban J connectivity index is 1.43. The van der Waals surface area contributed by atoms with E-state index in [0.29, 0.717) is 17.0 Å². The molecule has 0 aliphatic carbocycles. The Morgan fingerprint density at radius 1 is 1.26 bits per heavy atom. The van der Waals surface area contributed by atoms with Crippen molar-refractivity contribution in [2.24, 2.45) is 5.41 Å². The number of aromatic nitrogens is 3. The van der Waals surface area contributed by atoms with Gasteiger partial charge in [0.2, 0.25) is 0 Å². The Hall–Kier alpha value is -2.94. The zero-order valence-corrected chi connectivity index (χ0v) is 17.0. The highest BCUT2D eigenvalue weighted by molar-refractivity contribution is 5.92. The molecule has 9 heteroatoms. The molecule has 162 valence electrons. The first-order valence-corrected chi connectivity index (χ1v) is 10.2. The van der Waals surface area contributed by atoms with E-state index in [1.54, 1.807) is 0 Å². The summed E-state index contributed by atoms with van der Waals surface area (Å²) in [5, 5.41) is 12.2. The lowest BCUT2D eigenvalue weighted by atomic mass is 9.85. The number of rotatable bonds is 5. The molecule has 31 heavy (non-hydrogen) atoms. The van der Waals surface area contributed by atoms with Gasteiger partial charge >= 0.3 is 0 Å². The predicted molar refractivity (Wildman–Crippen MR) is 111 cm³/mol. The van der Waals surface area contributed by atoms with Crippen LogP contribution in [0.4, 0.5) is 24.7 Å². The Morgan fingerprint density at radius 3 is 2.81 bits per heavy atom. The van der Waals surface area contributed by atoms with E-state index in [-0.39, 0.29) is 17.5 Å². The molecule has 5 rings (SSSR count). The summed E-state index contributed by atoms with van der Waals surface area (Å²) in [4.78, 5) is 6.89. The number of alkyl halides is 2. The third-order valence-electron chi connectivity index (χ3n) is 6.18. The van der Waals surface area contributed by atoms with E-state index in [9.17, 15) is 13.2 Å². The molecule has 2 saturated heterocycles. The minimum Gasteiger partial charge on any atom is -0.380 e. The third kappa shape index (κ3) is 3.56. The van der Waals surface area contributed by atoms with E-state index in [1.165, 1.54) is 12.1 Å². The molecule has 2 aliphatic heterocycles. The maximum Gasteiger partial charge on any atom is 0.266 e. The van der Waals surface area contributed by atoms with Crippen LogP contribution in [0, 0.1) is 18.2 Å².